The fourth-order valence-electron chi connectivity index (χ4n) is 1.71. The van der Waals surface area contributed by atoms with Gasteiger partial charge in [0.1, 0.15) is 11.8 Å². The molecule has 2 rings (SSSR count). The summed E-state index contributed by atoms with van der Waals surface area (Å²) in [5.41, 5.74) is 0.530. The minimum atomic E-state index is -0.973. The molecule has 0 saturated heterocycles. The van der Waals surface area contributed by atoms with Crippen LogP contribution in [0.5, 0.6) is 0 Å². The van der Waals surface area contributed by atoms with Crippen molar-refractivity contribution in [3.05, 3.63) is 41.2 Å². The van der Waals surface area contributed by atoms with Crippen molar-refractivity contribution in [1.29, 1.82) is 0 Å². The number of hydrogen-bond acceptors (Lipinski definition) is 4. The number of aliphatic carboxylic acids is 1. The minimum Gasteiger partial charge on any atom is -0.480 e. The number of oxazole rings is 1. The lowest BCUT2D eigenvalue weighted by Crippen LogP contribution is -2.47. The molecule has 112 valence electrons. The molecule has 0 fully saturated rings. The smallest absolute Gasteiger partial charge is 0.323 e. The summed E-state index contributed by atoms with van der Waals surface area (Å²) in [6.45, 7) is 3.68. The van der Waals surface area contributed by atoms with Crippen molar-refractivity contribution in [3.8, 4) is 11.5 Å². The van der Waals surface area contributed by atoms with Gasteiger partial charge in [-0.05, 0) is 45.2 Å². The zero-order valence-corrected chi connectivity index (χ0v) is 12.9. The average molecular weight is 309 g/mol. The molecule has 0 unspecified atom stereocenters. The third kappa shape index (κ3) is 3.43. The van der Waals surface area contributed by atoms with Gasteiger partial charge in [-0.1, -0.05) is 11.6 Å². The Bertz CT molecular complexity index is 635. The van der Waals surface area contributed by atoms with Crippen molar-refractivity contribution < 1.29 is 14.3 Å². The maximum absolute atomic E-state index is 11.2. The van der Waals surface area contributed by atoms with Gasteiger partial charge in [0, 0.05) is 17.1 Å². The number of aromatic nitrogens is 1. The zero-order valence-electron chi connectivity index (χ0n) is 12.1. The highest BCUT2D eigenvalue weighted by molar-refractivity contribution is 6.30. The van der Waals surface area contributed by atoms with Crippen LogP contribution in [0.15, 0.2) is 34.9 Å². The van der Waals surface area contributed by atoms with E-state index >= 15 is 0 Å². The van der Waals surface area contributed by atoms with Gasteiger partial charge >= 0.3 is 5.97 Å². The highest BCUT2D eigenvalue weighted by atomic mass is 35.5. The van der Waals surface area contributed by atoms with Gasteiger partial charge < -0.3 is 9.52 Å². The number of nitrogens with zero attached hydrogens (tertiary/aromatic N) is 2. The molecule has 0 radical (unpaired) electrons. The van der Waals surface area contributed by atoms with Gasteiger partial charge in [0.2, 0.25) is 5.89 Å². The van der Waals surface area contributed by atoms with Crippen molar-refractivity contribution in [2.24, 2.45) is 0 Å². The van der Waals surface area contributed by atoms with Crippen LogP contribution in [-0.2, 0) is 11.3 Å². The molecule has 0 bridgehead atoms. The standard InChI is InChI=1S/C15H17ClN2O3/c1-15(2,14(19)20)18(3)8-12-9-21-13(17-12)10-4-6-11(16)7-5-10/h4-7,9H,8H2,1-3H3,(H,19,20). The van der Waals surface area contributed by atoms with Crippen LogP contribution in [0.1, 0.15) is 19.5 Å². The van der Waals surface area contributed by atoms with Crippen LogP contribution in [0, 0.1) is 0 Å². The first-order chi connectivity index (χ1) is 9.80. The van der Waals surface area contributed by atoms with E-state index in [1.807, 2.05) is 12.1 Å². The molecular weight excluding hydrogens is 292 g/mol. The van der Waals surface area contributed by atoms with Gasteiger partial charge in [0.15, 0.2) is 0 Å². The van der Waals surface area contributed by atoms with Gasteiger partial charge in [-0.3, -0.25) is 9.69 Å². The van der Waals surface area contributed by atoms with Crippen LogP contribution in [0.2, 0.25) is 5.02 Å². The summed E-state index contributed by atoms with van der Waals surface area (Å²) in [4.78, 5) is 17.3. The van der Waals surface area contributed by atoms with E-state index in [9.17, 15) is 9.90 Å². The number of carboxylic acid groups (broad SMARTS) is 1. The third-order valence-corrected chi connectivity index (χ3v) is 3.77. The molecule has 2 aromatic rings. The molecule has 0 amide bonds. The molecule has 0 aliphatic heterocycles. The summed E-state index contributed by atoms with van der Waals surface area (Å²) in [6.07, 6.45) is 1.54. The lowest BCUT2D eigenvalue weighted by molar-refractivity contribution is -0.148. The Morgan fingerprint density at radius 3 is 2.57 bits per heavy atom. The number of benzene rings is 1. The quantitative estimate of drug-likeness (QED) is 0.918. The Hall–Kier alpha value is -1.85. The molecule has 6 heteroatoms. The predicted molar refractivity (Wildman–Crippen MR) is 80.1 cm³/mol. The van der Waals surface area contributed by atoms with Crippen LogP contribution in [0.3, 0.4) is 0 Å². The Balaban J connectivity index is 2.14. The molecule has 0 saturated carbocycles. The Morgan fingerprint density at radius 1 is 1.38 bits per heavy atom. The van der Waals surface area contributed by atoms with Crippen LogP contribution < -0.4 is 0 Å². The molecular formula is C15H17ClN2O3. The maximum Gasteiger partial charge on any atom is 0.323 e. The lowest BCUT2D eigenvalue weighted by atomic mass is 10.0. The van der Waals surface area contributed by atoms with Crippen LogP contribution in [0.25, 0.3) is 11.5 Å². The molecule has 21 heavy (non-hydrogen) atoms. The summed E-state index contributed by atoms with van der Waals surface area (Å²) in [5.74, 6) is -0.394. The molecule has 5 nitrogen and oxygen atoms in total. The number of carbonyl (C=O) groups is 1. The molecule has 0 aliphatic rings. The molecule has 1 heterocycles. The predicted octanol–water partition coefficient (Wildman–Crippen LogP) is 3.29. The number of likely N-dealkylation sites (N-methyl/N-ethyl adjacent to an activating group) is 1. The van der Waals surface area contributed by atoms with Gasteiger partial charge in [0.25, 0.3) is 0 Å². The van der Waals surface area contributed by atoms with E-state index < -0.39 is 11.5 Å². The van der Waals surface area contributed by atoms with Crippen LogP contribution in [0.4, 0.5) is 0 Å². The van der Waals surface area contributed by atoms with Gasteiger partial charge in [-0.2, -0.15) is 0 Å². The first kappa shape index (κ1) is 15.5. The summed E-state index contributed by atoms with van der Waals surface area (Å²) in [7, 11) is 1.74. The Morgan fingerprint density at radius 2 is 2.00 bits per heavy atom. The van der Waals surface area contributed by atoms with E-state index in [2.05, 4.69) is 4.98 Å². The molecule has 1 N–H and O–H groups in total. The second kappa shape index (κ2) is 5.87. The maximum atomic E-state index is 11.2. The third-order valence-electron chi connectivity index (χ3n) is 3.52. The molecule has 0 atom stereocenters. The fourth-order valence-corrected chi connectivity index (χ4v) is 1.83. The highest BCUT2D eigenvalue weighted by Gasteiger charge is 2.32. The topological polar surface area (TPSA) is 66.6 Å². The number of halogens is 1. The first-order valence-corrected chi connectivity index (χ1v) is 6.83. The summed E-state index contributed by atoms with van der Waals surface area (Å²) in [6, 6.07) is 7.17. The van der Waals surface area contributed by atoms with E-state index in [1.165, 1.54) is 0 Å². The number of hydrogen-bond donors (Lipinski definition) is 1. The van der Waals surface area contributed by atoms with E-state index in [1.54, 1.807) is 44.2 Å². The number of carboxylic acids is 1. The highest BCUT2D eigenvalue weighted by Crippen LogP contribution is 2.22. The van der Waals surface area contributed by atoms with Crippen molar-refractivity contribution >= 4 is 17.6 Å². The van der Waals surface area contributed by atoms with Crippen molar-refractivity contribution in [2.45, 2.75) is 25.9 Å². The van der Waals surface area contributed by atoms with E-state index in [-0.39, 0.29) is 0 Å². The molecule has 1 aromatic heterocycles. The molecule has 1 aromatic carbocycles. The van der Waals surface area contributed by atoms with Crippen molar-refractivity contribution in [1.82, 2.24) is 9.88 Å². The SMILES string of the molecule is CN(Cc1coc(-c2ccc(Cl)cc2)n1)C(C)(C)C(=O)O. The van der Waals surface area contributed by atoms with Crippen molar-refractivity contribution in [2.75, 3.05) is 7.05 Å². The minimum absolute atomic E-state index is 0.385. The van der Waals surface area contributed by atoms with Crippen LogP contribution in [-0.4, -0.2) is 33.5 Å². The van der Waals surface area contributed by atoms with Crippen molar-refractivity contribution in [3.63, 3.8) is 0 Å². The van der Waals surface area contributed by atoms with E-state index in [4.69, 9.17) is 16.0 Å². The van der Waals surface area contributed by atoms with Gasteiger partial charge in [0.05, 0.1) is 5.69 Å². The zero-order chi connectivity index (χ0) is 15.6. The van der Waals surface area contributed by atoms with Gasteiger partial charge in [-0.15, -0.1) is 0 Å². The summed E-state index contributed by atoms with van der Waals surface area (Å²) < 4.78 is 5.44. The van der Waals surface area contributed by atoms with Gasteiger partial charge in [-0.25, -0.2) is 4.98 Å². The average Bonchev–Trinajstić information content (AvgIpc) is 2.87. The normalized spacial score (nSPS) is 11.9. The number of rotatable bonds is 5. The monoisotopic (exact) mass is 308 g/mol. The summed E-state index contributed by atoms with van der Waals surface area (Å²) in [5, 5.41) is 9.85. The molecule has 0 aliphatic carbocycles. The Kier molecular flexibility index (Phi) is 4.34. The first-order valence-electron chi connectivity index (χ1n) is 6.45. The second-order valence-corrected chi connectivity index (χ2v) is 5.81. The summed E-state index contributed by atoms with van der Waals surface area (Å²) >= 11 is 5.84. The van der Waals surface area contributed by atoms with E-state index in [0.717, 1.165) is 5.56 Å². The fraction of sp³-hybridized carbons (Fsp3) is 0.333. The lowest BCUT2D eigenvalue weighted by Gasteiger charge is -2.30. The second-order valence-electron chi connectivity index (χ2n) is 5.37. The van der Waals surface area contributed by atoms with E-state index in [0.29, 0.717) is 23.2 Å². The largest absolute Gasteiger partial charge is 0.480 e. The Labute approximate surface area is 128 Å². The molecule has 0 spiro atoms. The van der Waals surface area contributed by atoms with Crippen LogP contribution >= 0.6 is 11.6 Å².